The van der Waals surface area contributed by atoms with Crippen molar-refractivity contribution in [2.75, 3.05) is 19.7 Å². The van der Waals surface area contributed by atoms with Crippen LogP contribution in [0, 0.1) is 0 Å². The molecule has 0 radical (unpaired) electrons. The van der Waals surface area contributed by atoms with Gasteiger partial charge in [0.05, 0.1) is 24.9 Å². The number of hydrogen-bond donors (Lipinski definition) is 1. The minimum absolute atomic E-state index is 0.0768. The number of aromatic nitrogens is 2. The van der Waals surface area contributed by atoms with Crippen molar-refractivity contribution < 1.29 is 19.4 Å². The van der Waals surface area contributed by atoms with E-state index in [0.29, 0.717) is 6.54 Å². The van der Waals surface area contributed by atoms with Crippen LogP contribution >= 0.6 is 0 Å². The van der Waals surface area contributed by atoms with Gasteiger partial charge in [0.15, 0.2) is 6.10 Å². The molecule has 7 heteroatoms. The van der Waals surface area contributed by atoms with E-state index in [9.17, 15) is 9.59 Å². The topological polar surface area (TPSA) is 84.7 Å². The van der Waals surface area contributed by atoms with Crippen molar-refractivity contribution >= 4 is 22.8 Å². The molecule has 1 aliphatic rings. The Balaban J connectivity index is 1.72. The number of carbonyl (C=O) groups excluding carboxylic acids is 1. The van der Waals surface area contributed by atoms with Crippen LogP contribution in [0.15, 0.2) is 30.5 Å². The summed E-state index contributed by atoms with van der Waals surface area (Å²) in [5.41, 5.74) is 0.883. The summed E-state index contributed by atoms with van der Waals surface area (Å²) in [6, 6.07) is 7.63. The highest BCUT2D eigenvalue weighted by Gasteiger charge is 2.29. The first kappa shape index (κ1) is 13.6. The number of morpholine rings is 1. The maximum Gasteiger partial charge on any atom is 0.334 e. The van der Waals surface area contributed by atoms with E-state index in [4.69, 9.17) is 9.84 Å². The fourth-order valence-corrected chi connectivity index (χ4v) is 2.41. The van der Waals surface area contributed by atoms with Crippen LogP contribution in [0.4, 0.5) is 0 Å². The number of carboxylic acid groups (broad SMARTS) is 1. The smallest absolute Gasteiger partial charge is 0.334 e. The second kappa shape index (κ2) is 5.53. The Hall–Kier alpha value is -2.41. The van der Waals surface area contributed by atoms with Gasteiger partial charge >= 0.3 is 5.97 Å². The fraction of sp³-hybridized carbons (Fsp3) is 0.357. The second-order valence-electron chi connectivity index (χ2n) is 4.90. The molecule has 1 atom stereocenters. The number of hydrogen-bond acceptors (Lipinski definition) is 4. The van der Waals surface area contributed by atoms with Gasteiger partial charge in [-0.2, -0.15) is 5.10 Å². The number of fused-ring (bicyclic) bond motifs is 1. The van der Waals surface area contributed by atoms with Crippen molar-refractivity contribution in [3.05, 3.63) is 30.5 Å². The lowest BCUT2D eigenvalue weighted by molar-refractivity contribution is -0.159. The predicted molar refractivity (Wildman–Crippen MR) is 73.7 cm³/mol. The Bertz CT molecular complexity index is 682. The van der Waals surface area contributed by atoms with Gasteiger partial charge in [0.2, 0.25) is 5.91 Å². The Morgan fingerprint density at radius 3 is 3.00 bits per heavy atom. The number of ether oxygens (including phenoxy) is 1. The van der Waals surface area contributed by atoms with Gasteiger partial charge in [0, 0.05) is 11.9 Å². The molecule has 0 aliphatic carbocycles. The molecule has 0 saturated carbocycles. The van der Waals surface area contributed by atoms with Gasteiger partial charge in [0.25, 0.3) is 0 Å². The maximum atomic E-state index is 12.3. The number of amides is 1. The van der Waals surface area contributed by atoms with Crippen LogP contribution in [0.2, 0.25) is 0 Å². The summed E-state index contributed by atoms with van der Waals surface area (Å²) in [6.45, 7) is 0.817. The molecule has 1 fully saturated rings. The van der Waals surface area contributed by atoms with Crippen molar-refractivity contribution in [3.63, 3.8) is 0 Å². The zero-order valence-corrected chi connectivity index (χ0v) is 11.3. The van der Waals surface area contributed by atoms with Gasteiger partial charge in [-0.15, -0.1) is 0 Å². The molecule has 0 bridgehead atoms. The molecular weight excluding hydrogens is 274 g/mol. The first-order chi connectivity index (χ1) is 10.1. The molecule has 2 heterocycles. The Labute approximate surface area is 120 Å². The maximum absolute atomic E-state index is 12.3. The summed E-state index contributed by atoms with van der Waals surface area (Å²) >= 11 is 0. The zero-order valence-electron chi connectivity index (χ0n) is 11.3. The van der Waals surface area contributed by atoms with Gasteiger partial charge in [0.1, 0.15) is 6.54 Å². The van der Waals surface area contributed by atoms with Gasteiger partial charge in [-0.05, 0) is 6.07 Å². The molecular formula is C14H15N3O4. The molecule has 1 N–H and O–H groups in total. The Kier molecular flexibility index (Phi) is 3.57. The third-order valence-corrected chi connectivity index (χ3v) is 3.53. The SMILES string of the molecule is O=C(O)[C@H]1CN(C(=O)Cn2ncc3ccccc32)CCO1. The molecule has 1 amide bonds. The third-order valence-electron chi connectivity index (χ3n) is 3.53. The lowest BCUT2D eigenvalue weighted by Gasteiger charge is -2.30. The molecule has 2 aromatic rings. The molecule has 21 heavy (non-hydrogen) atoms. The third kappa shape index (κ3) is 2.73. The van der Waals surface area contributed by atoms with Gasteiger partial charge < -0.3 is 14.7 Å². The summed E-state index contributed by atoms with van der Waals surface area (Å²) < 4.78 is 6.74. The lowest BCUT2D eigenvalue weighted by atomic mass is 10.2. The van der Waals surface area contributed by atoms with E-state index in [1.165, 1.54) is 4.90 Å². The van der Waals surface area contributed by atoms with Crippen LogP contribution in [0.25, 0.3) is 10.9 Å². The zero-order chi connectivity index (χ0) is 14.8. The standard InChI is InChI=1S/C14H15N3O4/c18-13(16-5-6-21-12(8-16)14(19)20)9-17-11-4-2-1-3-10(11)7-15-17/h1-4,7,12H,5-6,8-9H2,(H,19,20)/t12-/m1/s1. The van der Waals surface area contributed by atoms with Gasteiger partial charge in [-0.3, -0.25) is 9.48 Å². The molecule has 0 spiro atoms. The van der Waals surface area contributed by atoms with Crippen LogP contribution in [0.1, 0.15) is 0 Å². The molecule has 1 aliphatic heterocycles. The average Bonchev–Trinajstić information content (AvgIpc) is 2.91. The van der Waals surface area contributed by atoms with Crippen LogP contribution in [0.3, 0.4) is 0 Å². The first-order valence-corrected chi connectivity index (χ1v) is 6.68. The molecule has 1 aromatic carbocycles. The second-order valence-corrected chi connectivity index (χ2v) is 4.90. The summed E-state index contributed by atoms with van der Waals surface area (Å²) in [7, 11) is 0. The van der Waals surface area contributed by atoms with Crippen LogP contribution in [-0.4, -0.2) is 57.5 Å². The van der Waals surface area contributed by atoms with Gasteiger partial charge in [-0.25, -0.2) is 4.79 Å². The number of nitrogens with zero attached hydrogens (tertiary/aromatic N) is 3. The quantitative estimate of drug-likeness (QED) is 0.881. The van der Waals surface area contributed by atoms with E-state index in [2.05, 4.69) is 5.10 Å². The van der Waals surface area contributed by atoms with Gasteiger partial charge in [-0.1, -0.05) is 18.2 Å². The first-order valence-electron chi connectivity index (χ1n) is 6.68. The van der Waals surface area contributed by atoms with Crippen LogP contribution < -0.4 is 0 Å². The molecule has 110 valence electrons. The summed E-state index contributed by atoms with van der Waals surface area (Å²) in [4.78, 5) is 24.7. The molecule has 7 nitrogen and oxygen atoms in total. The normalized spacial score (nSPS) is 18.9. The van der Waals surface area contributed by atoms with E-state index in [0.717, 1.165) is 10.9 Å². The largest absolute Gasteiger partial charge is 0.479 e. The average molecular weight is 289 g/mol. The minimum atomic E-state index is -1.04. The van der Waals surface area contributed by atoms with E-state index < -0.39 is 12.1 Å². The number of benzene rings is 1. The van der Waals surface area contributed by atoms with E-state index in [-0.39, 0.29) is 25.6 Å². The minimum Gasteiger partial charge on any atom is -0.479 e. The Morgan fingerprint density at radius 1 is 1.38 bits per heavy atom. The van der Waals surface area contributed by atoms with E-state index in [1.54, 1.807) is 10.9 Å². The number of carboxylic acids is 1. The van der Waals surface area contributed by atoms with Crippen LogP contribution in [0.5, 0.6) is 0 Å². The van der Waals surface area contributed by atoms with E-state index in [1.807, 2.05) is 24.3 Å². The molecule has 1 aromatic heterocycles. The fourth-order valence-electron chi connectivity index (χ4n) is 2.41. The van der Waals surface area contributed by atoms with Crippen molar-refractivity contribution in [2.24, 2.45) is 0 Å². The molecule has 1 saturated heterocycles. The summed E-state index contributed by atoms with van der Waals surface area (Å²) in [5.74, 6) is -1.20. The van der Waals surface area contributed by atoms with Crippen molar-refractivity contribution in [2.45, 2.75) is 12.6 Å². The van der Waals surface area contributed by atoms with E-state index >= 15 is 0 Å². The summed E-state index contributed by atoms with van der Waals surface area (Å²) in [5, 5.41) is 14.1. The highest BCUT2D eigenvalue weighted by Crippen LogP contribution is 2.13. The highest BCUT2D eigenvalue weighted by atomic mass is 16.5. The van der Waals surface area contributed by atoms with Crippen molar-refractivity contribution in [1.82, 2.24) is 14.7 Å². The van der Waals surface area contributed by atoms with Crippen molar-refractivity contribution in [1.29, 1.82) is 0 Å². The number of aliphatic carboxylic acids is 1. The number of carbonyl (C=O) groups is 2. The Morgan fingerprint density at radius 2 is 2.19 bits per heavy atom. The molecule has 3 rings (SSSR count). The van der Waals surface area contributed by atoms with Crippen LogP contribution in [-0.2, 0) is 20.9 Å². The monoisotopic (exact) mass is 289 g/mol. The number of para-hydroxylation sites is 1. The lowest BCUT2D eigenvalue weighted by Crippen LogP contribution is -2.49. The highest BCUT2D eigenvalue weighted by molar-refractivity contribution is 5.82. The number of rotatable bonds is 3. The summed E-state index contributed by atoms with van der Waals surface area (Å²) in [6.07, 6.45) is 0.763. The predicted octanol–water partition coefficient (Wildman–Crippen LogP) is 0.348. The van der Waals surface area contributed by atoms with Crippen molar-refractivity contribution in [3.8, 4) is 0 Å². The molecule has 0 unspecified atom stereocenters.